The van der Waals surface area contributed by atoms with Crippen molar-refractivity contribution in [1.29, 1.82) is 0 Å². The number of ether oxygens (including phenoxy) is 1. The number of nitrogens with zero attached hydrogens (tertiary/aromatic N) is 3. The van der Waals surface area contributed by atoms with Crippen molar-refractivity contribution in [2.24, 2.45) is 5.73 Å². The first kappa shape index (κ1) is 20.5. The molecule has 0 radical (unpaired) electrons. The van der Waals surface area contributed by atoms with Gasteiger partial charge in [0.25, 0.3) is 5.91 Å². The largest absolute Gasteiger partial charge is 0.479 e. The molecule has 0 fully saturated rings. The molecule has 1 aliphatic heterocycles. The Kier molecular flexibility index (Phi) is 6.61. The van der Waals surface area contributed by atoms with Crippen molar-refractivity contribution >= 4 is 17.4 Å². The molecule has 154 valence electrons. The molecule has 2 bridgehead atoms. The fraction of sp³-hybridized carbons (Fsp3) is 0.350. The Morgan fingerprint density at radius 3 is 3.10 bits per heavy atom. The maximum absolute atomic E-state index is 12.8. The minimum Gasteiger partial charge on any atom is -0.479 e. The summed E-state index contributed by atoms with van der Waals surface area (Å²) in [6.45, 7) is 5.69. The number of amides is 1. The number of alkyl halides is 1. The molecule has 2 atom stereocenters. The van der Waals surface area contributed by atoms with E-state index >= 15 is 0 Å². The second-order valence-electron chi connectivity index (χ2n) is 6.70. The van der Waals surface area contributed by atoms with Crippen molar-refractivity contribution in [3.63, 3.8) is 0 Å². The van der Waals surface area contributed by atoms with E-state index in [2.05, 4.69) is 27.3 Å². The Morgan fingerprint density at radius 1 is 1.55 bits per heavy atom. The van der Waals surface area contributed by atoms with E-state index in [1.54, 1.807) is 16.8 Å². The van der Waals surface area contributed by atoms with E-state index in [0.29, 0.717) is 30.2 Å². The molecular formula is C20H25FN6O2. The fourth-order valence-electron chi connectivity index (χ4n) is 3.14. The molecule has 0 spiro atoms. The van der Waals surface area contributed by atoms with E-state index in [1.807, 2.05) is 19.2 Å². The molecule has 2 aromatic heterocycles. The van der Waals surface area contributed by atoms with Gasteiger partial charge >= 0.3 is 0 Å². The molecule has 29 heavy (non-hydrogen) atoms. The Balaban J connectivity index is 2.08. The number of hydrogen-bond acceptors (Lipinski definition) is 6. The molecule has 8 nitrogen and oxygen atoms in total. The van der Waals surface area contributed by atoms with Crippen LogP contribution in [0.5, 0.6) is 0 Å². The van der Waals surface area contributed by atoms with E-state index in [4.69, 9.17) is 10.5 Å². The van der Waals surface area contributed by atoms with E-state index in [9.17, 15) is 9.18 Å². The van der Waals surface area contributed by atoms with Crippen molar-refractivity contribution in [2.45, 2.75) is 32.0 Å². The van der Waals surface area contributed by atoms with Crippen molar-refractivity contribution < 1.29 is 13.9 Å². The number of nitrogens with two attached hydrogens (primary N) is 1. The third kappa shape index (κ3) is 4.80. The van der Waals surface area contributed by atoms with E-state index < -0.39 is 18.7 Å². The number of allylic oxidation sites excluding steroid dienone is 3. The molecule has 3 heterocycles. The third-order valence-electron chi connectivity index (χ3n) is 4.60. The SMILES string of the molecule is C=CC/C1=C(\C=C/CF)OC(C(N)=O)CNCc2cnn3ccc(nc23)N[C@@H]1C. The van der Waals surface area contributed by atoms with Crippen molar-refractivity contribution in [1.82, 2.24) is 19.9 Å². The molecular weight excluding hydrogens is 375 g/mol. The third-order valence-corrected chi connectivity index (χ3v) is 4.60. The van der Waals surface area contributed by atoms with Gasteiger partial charge in [0.15, 0.2) is 11.8 Å². The zero-order valence-electron chi connectivity index (χ0n) is 16.3. The van der Waals surface area contributed by atoms with Gasteiger partial charge in [0.2, 0.25) is 0 Å². The predicted octanol–water partition coefficient (Wildman–Crippen LogP) is 1.86. The van der Waals surface area contributed by atoms with Crippen LogP contribution >= 0.6 is 0 Å². The average molecular weight is 400 g/mol. The van der Waals surface area contributed by atoms with Crippen LogP contribution in [0.1, 0.15) is 18.9 Å². The second kappa shape index (κ2) is 9.33. The van der Waals surface area contributed by atoms with Crippen molar-refractivity contribution in [3.05, 3.63) is 60.2 Å². The number of primary amides is 1. The van der Waals surface area contributed by atoms with Crippen molar-refractivity contribution in [2.75, 3.05) is 18.5 Å². The van der Waals surface area contributed by atoms with Crippen LogP contribution in [0.4, 0.5) is 10.2 Å². The number of carbonyl (C=O) groups is 1. The molecule has 3 rings (SSSR count). The smallest absolute Gasteiger partial charge is 0.259 e. The van der Waals surface area contributed by atoms with Gasteiger partial charge in [0.1, 0.15) is 18.3 Å². The second-order valence-corrected chi connectivity index (χ2v) is 6.70. The zero-order chi connectivity index (χ0) is 20.8. The number of anilines is 1. The minimum absolute atomic E-state index is 0.183. The Labute approximate surface area is 168 Å². The number of halogens is 1. The minimum atomic E-state index is -0.927. The summed E-state index contributed by atoms with van der Waals surface area (Å²) >= 11 is 0. The lowest BCUT2D eigenvalue weighted by Gasteiger charge is -2.23. The lowest BCUT2D eigenvalue weighted by Crippen LogP contribution is -2.39. The molecule has 1 unspecified atom stereocenters. The molecule has 1 amide bonds. The number of hydrogen-bond donors (Lipinski definition) is 3. The zero-order valence-corrected chi connectivity index (χ0v) is 16.3. The van der Waals surface area contributed by atoms with E-state index in [-0.39, 0.29) is 12.6 Å². The van der Waals surface area contributed by atoms with Crippen LogP contribution in [0.25, 0.3) is 5.65 Å². The number of carbonyl (C=O) groups excluding carboxylic acids is 1. The fourth-order valence-corrected chi connectivity index (χ4v) is 3.14. The van der Waals surface area contributed by atoms with Gasteiger partial charge < -0.3 is 21.1 Å². The highest BCUT2D eigenvalue weighted by molar-refractivity contribution is 5.79. The van der Waals surface area contributed by atoms with Crippen LogP contribution in [0.15, 0.2) is 54.6 Å². The van der Waals surface area contributed by atoms with Crippen LogP contribution in [-0.4, -0.2) is 45.9 Å². The van der Waals surface area contributed by atoms with Crippen LogP contribution in [0.3, 0.4) is 0 Å². The lowest BCUT2D eigenvalue weighted by molar-refractivity contribution is -0.126. The summed E-state index contributed by atoms with van der Waals surface area (Å²) in [5.74, 6) is 0.431. The van der Waals surface area contributed by atoms with Crippen LogP contribution in [0, 0.1) is 0 Å². The Morgan fingerprint density at radius 2 is 2.38 bits per heavy atom. The Bertz CT molecular complexity index is 952. The molecule has 9 heteroatoms. The maximum atomic E-state index is 12.8. The maximum Gasteiger partial charge on any atom is 0.259 e. The van der Waals surface area contributed by atoms with Crippen LogP contribution in [0.2, 0.25) is 0 Å². The topological polar surface area (TPSA) is 107 Å². The molecule has 1 aliphatic rings. The van der Waals surface area contributed by atoms with Gasteiger partial charge in [-0.2, -0.15) is 5.10 Å². The number of aromatic nitrogens is 3. The van der Waals surface area contributed by atoms with Crippen LogP contribution in [-0.2, 0) is 16.1 Å². The first-order valence-corrected chi connectivity index (χ1v) is 9.36. The van der Waals surface area contributed by atoms with Crippen LogP contribution < -0.4 is 16.4 Å². The summed E-state index contributed by atoms with van der Waals surface area (Å²) < 4.78 is 20.4. The van der Waals surface area contributed by atoms with Gasteiger partial charge in [-0.1, -0.05) is 12.2 Å². The highest BCUT2D eigenvalue weighted by Gasteiger charge is 2.22. The lowest BCUT2D eigenvalue weighted by atomic mass is 10.0. The summed E-state index contributed by atoms with van der Waals surface area (Å²) in [6, 6.07) is 1.60. The van der Waals surface area contributed by atoms with Gasteiger partial charge in [0.05, 0.1) is 12.2 Å². The average Bonchev–Trinajstić information content (AvgIpc) is 3.09. The molecule has 4 N–H and O–H groups in total. The molecule has 0 saturated carbocycles. The summed E-state index contributed by atoms with van der Waals surface area (Å²) in [5.41, 5.74) is 7.92. The number of nitrogens with one attached hydrogen (secondary N) is 2. The van der Waals surface area contributed by atoms with Gasteiger partial charge in [0, 0.05) is 24.8 Å². The number of rotatable bonds is 5. The van der Waals surface area contributed by atoms with Gasteiger partial charge in [-0.3, -0.25) is 4.79 Å². The summed E-state index contributed by atoms with van der Waals surface area (Å²) in [7, 11) is 0. The van der Waals surface area contributed by atoms with Gasteiger partial charge in [-0.25, -0.2) is 13.9 Å². The normalized spacial score (nSPS) is 23.1. The first-order valence-electron chi connectivity index (χ1n) is 9.36. The number of fused-ring (bicyclic) bond motifs is 1. The molecule has 2 aromatic rings. The quantitative estimate of drug-likeness (QED) is 0.662. The van der Waals surface area contributed by atoms with Gasteiger partial charge in [-0.15, -0.1) is 6.58 Å². The monoisotopic (exact) mass is 400 g/mol. The van der Waals surface area contributed by atoms with Gasteiger partial charge in [-0.05, 0) is 31.1 Å². The Hall–Kier alpha value is -3.20. The van der Waals surface area contributed by atoms with E-state index in [0.717, 1.165) is 11.1 Å². The predicted molar refractivity (Wildman–Crippen MR) is 109 cm³/mol. The standard InChI is InChI=1S/C20H25FN6O2/c1-3-5-15-13(2)25-18-7-9-27-20(26-18)14(11-24-27)10-23-12-17(19(22)28)29-16(15)6-4-8-21/h3-4,6-7,9,11,13,17,23H,1,5,8,10,12H2,2H3,(H2,22,28)(H,25,26)/b6-4-,16-15-/t13-,17?/m1/s1. The summed E-state index contributed by atoms with van der Waals surface area (Å²) in [6.07, 6.45) is 7.67. The molecule has 0 aromatic carbocycles. The summed E-state index contributed by atoms with van der Waals surface area (Å²) in [5, 5.41) is 10.8. The van der Waals surface area contributed by atoms with Crippen molar-refractivity contribution in [3.8, 4) is 0 Å². The summed E-state index contributed by atoms with van der Waals surface area (Å²) in [4.78, 5) is 16.6. The molecule has 0 aliphatic carbocycles. The first-order chi connectivity index (χ1) is 14.0. The van der Waals surface area contributed by atoms with E-state index in [1.165, 1.54) is 12.2 Å². The molecule has 0 saturated heterocycles. The highest BCUT2D eigenvalue weighted by atomic mass is 19.1. The highest BCUT2D eigenvalue weighted by Crippen LogP contribution is 2.22.